The van der Waals surface area contributed by atoms with E-state index in [4.69, 9.17) is 0 Å². The molecule has 0 amide bonds. The van der Waals surface area contributed by atoms with E-state index < -0.39 is 58.2 Å². The third kappa shape index (κ3) is 3.05. The quantitative estimate of drug-likeness (QED) is 0.462. The molecule has 0 aromatic heterocycles. The van der Waals surface area contributed by atoms with Crippen molar-refractivity contribution in [1.82, 2.24) is 9.80 Å². The topological polar surface area (TPSA) is 15.7 Å². The SMILES string of the molecule is COC(F)(F)C(F)=C(F)N1C(F)(F)C(F)(F)N(C(F)(F)F)C(F)(F)C1(F)F. The Balaban J connectivity index is 3.88. The van der Waals surface area contributed by atoms with Gasteiger partial charge in [0.25, 0.3) is 5.83 Å². The van der Waals surface area contributed by atoms with E-state index in [-0.39, 0.29) is 7.11 Å². The van der Waals surface area contributed by atoms with E-state index in [9.17, 15) is 65.9 Å². The average Bonchev–Trinajstić information content (AvgIpc) is 2.41. The lowest BCUT2D eigenvalue weighted by Gasteiger charge is -2.53. The van der Waals surface area contributed by atoms with Crippen LogP contribution in [-0.2, 0) is 4.74 Å². The van der Waals surface area contributed by atoms with Crippen molar-refractivity contribution in [1.29, 1.82) is 0 Å². The molecule has 0 aromatic rings. The molecule has 1 aliphatic heterocycles. The van der Waals surface area contributed by atoms with Gasteiger partial charge < -0.3 is 4.74 Å². The van der Waals surface area contributed by atoms with Crippen LogP contribution in [0.1, 0.15) is 0 Å². The van der Waals surface area contributed by atoms with Gasteiger partial charge >= 0.3 is 36.6 Å². The van der Waals surface area contributed by atoms with E-state index in [0.717, 1.165) is 0 Å². The standard InChI is InChI=1S/C9H3F15N2O/c1-27-4(12,13)2(10)3(11)25-5(14,15)7(18,19)26(9(22,23)24)8(20,21)6(25,16)17/h1H3. The smallest absolute Gasteiger partial charge is 0.318 e. The van der Waals surface area contributed by atoms with Crippen LogP contribution in [0, 0.1) is 0 Å². The fourth-order valence-corrected chi connectivity index (χ4v) is 1.76. The first-order chi connectivity index (χ1) is 11.6. The Morgan fingerprint density at radius 3 is 1.30 bits per heavy atom. The first kappa shape index (κ1) is 23.4. The molecule has 0 N–H and O–H groups in total. The number of hydrogen-bond donors (Lipinski definition) is 0. The molecule has 0 saturated carbocycles. The van der Waals surface area contributed by atoms with Gasteiger partial charge in [-0.2, -0.15) is 65.9 Å². The van der Waals surface area contributed by atoms with E-state index in [1.165, 1.54) is 0 Å². The third-order valence-electron chi connectivity index (χ3n) is 2.99. The van der Waals surface area contributed by atoms with Crippen LogP contribution in [-0.4, -0.2) is 53.5 Å². The van der Waals surface area contributed by atoms with Gasteiger partial charge in [-0.05, 0) is 0 Å². The van der Waals surface area contributed by atoms with Crippen LogP contribution >= 0.6 is 0 Å². The summed E-state index contributed by atoms with van der Waals surface area (Å²) < 4.78 is 199. The van der Waals surface area contributed by atoms with Crippen molar-refractivity contribution in [2.24, 2.45) is 0 Å². The van der Waals surface area contributed by atoms with Crippen molar-refractivity contribution in [3.63, 3.8) is 0 Å². The summed E-state index contributed by atoms with van der Waals surface area (Å²) in [7, 11) is -0.173. The van der Waals surface area contributed by atoms with Gasteiger partial charge in [0.15, 0.2) is 0 Å². The lowest BCUT2D eigenvalue weighted by Crippen LogP contribution is -2.82. The minimum Gasteiger partial charge on any atom is -0.318 e. The van der Waals surface area contributed by atoms with Crippen LogP contribution in [0.4, 0.5) is 65.9 Å². The summed E-state index contributed by atoms with van der Waals surface area (Å²) in [4.78, 5) is -7.41. The van der Waals surface area contributed by atoms with Crippen molar-refractivity contribution >= 4 is 0 Å². The predicted molar refractivity (Wildman–Crippen MR) is 50.7 cm³/mol. The highest BCUT2D eigenvalue weighted by atomic mass is 19.4. The second-order valence-corrected chi connectivity index (χ2v) is 4.63. The van der Waals surface area contributed by atoms with Crippen LogP contribution < -0.4 is 0 Å². The zero-order valence-electron chi connectivity index (χ0n) is 12.0. The molecule has 160 valence electrons. The molecule has 0 aliphatic carbocycles. The highest BCUT2D eigenvalue weighted by Gasteiger charge is 2.90. The molecule has 1 heterocycles. The molecule has 0 radical (unpaired) electrons. The maximum Gasteiger partial charge on any atom is 0.470 e. The molecule has 0 aromatic carbocycles. The molecular weight excluding hydrogens is 437 g/mol. The van der Waals surface area contributed by atoms with Gasteiger partial charge in [0, 0.05) is 7.11 Å². The van der Waals surface area contributed by atoms with Crippen LogP contribution in [0.5, 0.6) is 0 Å². The number of rotatable bonds is 3. The number of nitrogens with zero attached hydrogens (tertiary/aromatic N) is 2. The fraction of sp³-hybridized carbons (Fsp3) is 0.778. The van der Waals surface area contributed by atoms with E-state index >= 15 is 0 Å². The number of hydrogen-bond acceptors (Lipinski definition) is 3. The lowest BCUT2D eigenvalue weighted by atomic mass is 10.1. The molecule has 18 heteroatoms. The van der Waals surface area contributed by atoms with Gasteiger partial charge in [-0.15, -0.1) is 0 Å². The minimum absolute atomic E-state index is 0.173. The van der Waals surface area contributed by atoms with Crippen molar-refractivity contribution in [2.75, 3.05) is 7.11 Å². The number of alkyl halides is 13. The molecule has 1 fully saturated rings. The molecule has 0 spiro atoms. The Morgan fingerprint density at radius 1 is 0.704 bits per heavy atom. The Hall–Kier alpha value is -1.59. The number of piperazine rings is 1. The van der Waals surface area contributed by atoms with E-state index in [0.29, 0.717) is 0 Å². The lowest BCUT2D eigenvalue weighted by molar-refractivity contribution is -0.547. The second kappa shape index (κ2) is 5.95. The van der Waals surface area contributed by atoms with Crippen molar-refractivity contribution in [3.8, 4) is 0 Å². The van der Waals surface area contributed by atoms with Crippen LogP contribution in [0.3, 0.4) is 0 Å². The molecule has 1 saturated heterocycles. The predicted octanol–water partition coefficient (Wildman–Crippen LogP) is 4.84. The zero-order chi connectivity index (χ0) is 22.0. The summed E-state index contributed by atoms with van der Waals surface area (Å²) in [6, 6.07) is -29.4. The molecule has 1 aliphatic rings. The molecule has 3 nitrogen and oxygen atoms in total. The number of ether oxygens (including phenoxy) is 1. The highest BCUT2D eigenvalue weighted by Crippen LogP contribution is 2.62. The maximum absolute atomic E-state index is 13.5. The summed E-state index contributed by atoms with van der Waals surface area (Å²) in [6.45, 7) is 0. The number of halogens is 15. The average molecular weight is 440 g/mol. The van der Waals surface area contributed by atoms with E-state index in [1.807, 2.05) is 0 Å². The van der Waals surface area contributed by atoms with Gasteiger partial charge in [-0.1, -0.05) is 4.90 Å². The fourth-order valence-electron chi connectivity index (χ4n) is 1.76. The monoisotopic (exact) mass is 440 g/mol. The van der Waals surface area contributed by atoms with Crippen LogP contribution in [0.15, 0.2) is 11.8 Å². The van der Waals surface area contributed by atoms with E-state index in [2.05, 4.69) is 4.74 Å². The Bertz CT molecular complexity index is 595. The van der Waals surface area contributed by atoms with Gasteiger partial charge in [0.1, 0.15) is 0 Å². The Kier molecular flexibility index (Phi) is 5.17. The molecule has 0 atom stereocenters. The summed E-state index contributed by atoms with van der Waals surface area (Å²) in [6.07, 6.45) is -13.0. The number of methoxy groups -OCH3 is 1. The van der Waals surface area contributed by atoms with Gasteiger partial charge in [0.05, 0.1) is 0 Å². The molecule has 1 rings (SSSR count). The van der Waals surface area contributed by atoms with Crippen LogP contribution in [0.2, 0.25) is 0 Å². The van der Waals surface area contributed by atoms with Gasteiger partial charge in [-0.3, -0.25) is 0 Å². The molecule has 27 heavy (non-hydrogen) atoms. The maximum atomic E-state index is 13.5. The van der Waals surface area contributed by atoms with E-state index in [1.54, 1.807) is 0 Å². The first-order valence-corrected chi connectivity index (χ1v) is 5.79. The molecular formula is C9H3F15N2O. The first-order valence-electron chi connectivity index (χ1n) is 5.79. The van der Waals surface area contributed by atoms with Crippen molar-refractivity contribution < 1.29 is 70.6 Å². The van der Waals surface area contributed by atoms with Crippen LogP contribution in [0.25, 0.3) is 0 Å². The second-order valence-electron chi connectivity index (χ2n) is 4.63. The summed E-state index contributed by atoms with van der Waals surface area (Å²) in [5, 5.41) is 0. The normalized spacial score (nSPS) is 26.0. The summed E-state index contributed by atoms with van der Waals surface area (Å²) in [5.41, 5.74) is 0. The van der Waals surface area contributed by atoms with Crippen molar-refractivity contribution in [3.05, 3.63) is 11.8 Å². The molecule has 0 bridgehead atoms. The summed E-state index contributed by atoms with van der Waals surface area (Å²) in [5.74, 6) is -8.53. The largest absolute Gasteiger partial charge is 0.470 e. The highest BCUT2D eigenvalue weighted by molar-refractivity contribution is 5.15. The Labute approximate surface area is 137 Å². The van der Waals surface area contributed by atoms with Gasteiger partial charge in [0.2, 0.25) is 5.95 Å². The van der Waals surface area contributed by atoms with Gasteiger partial charge in [-0.25, -0.2) is 4.90 Å². The Morgan fingerprint density at radius 2 is 1.04 bits per heavy atom. The third-order valence-corrected chi connectivity index (χ3v) is 2.99. The molecule has 0 unspecified atom stereocenters. The summed E-state index contributed by atoms with van der Waals surface area (Å²) >= 11 is 0. The minimum atomic E-state index is -7.38. The zero-order valence-corrected chi connectivity index (χ0v) is 12.0. The van der Waals surface area contributed by atoms with Crippen molar-refractivity contribution in [2.45, 2.75) is 36.6 Å².